The Balaban J connectivity index is 1.82. The summed E-state index contributed by atoms with van der Waals surface area (Å²) in [7, 11) is 0. The van der Waals surface area contributed by atoms with Gasteiger partial charge in [0.05, 0.1) is 12.1 Å². The van der Waals surface area contributed by atoms with Gasteiger partial charge in [0.1, 0.15) is 5.56 Å². The summed E-state index contributed by atoms with van der Waals surface area (Å²) < 4.78 is 1.57. The molecular weight excluding hydrogens is 272 g/mol. The maximum Gasteiger partial charge on any atom is 0.306 e. The molecule has 1 saturated heterocycles. The van der Waals surface area contributed by atoms with Gasteiger partial charge in [0.15, 0.2) is 5.65 Å². The van der Waals surface area contributed by atoms with E-state index in [1.807, 2.05) is 13.0 Å². The standard InChI is InChI=1S/C14H16N4O3/c1-9-2-7-18-12(16-9)11(8-15-18)13(19)17-5-3-10(4-6-17)14(20)21/h2,7-8,10H,3-6H2,1H3,(H,20,21). The van der Waals surface area contributed by atoms with Gasteiger partial charge in [-0.05, 0) is 25.8 Å². The molecule has 0 unspecified atom stereocenters. The van der Waals surface area contributed by atoms with Crippen LogP contribution in [-0.2, 0) is 4.79 Å². The molecule has 21 heavy (non-hydrogen) atoms. The molecule has 2 aromatic heterocycles. The van der Waals surface area contributed by atoms with Crippen LogP contribution >= 0.6 is 0 Å². The highest BCUT2D eigenvalue weighted by molar-refractivity contribution is 5.99. The van der Waals surface area contributed by atoms with E-state index in [0.29, 0.717) is 37.1 Å². The van der Waals surface area contributed by atoms with Crippen molar-refractivity contribution in [3.8, 4) is 0 Å². The number of rotatable bonds is 2. The van der Waals surface area contributed by atoms with E-state index in [1.54, 1.807) is 15.6 Å². The van der Waals surface area contributed by atoms with Gasteiger partial charge in [0, 0.05) is 25.0 Å². The minimum atomic E-state index is -0.782. The molecule has 0 aromatic carbocycles. The zero-order valence-electron chi connectivity index (χ0n) is 11.7. The van der Waals surface area contributed by atoms with Gasteiger partial charge in [0.2, 0.25) is 0 Å². The normalized spacial score (nSPS) is 16.3. The van der Waals surface area contributed by atoms with Gasteiger partial charge in [-0.15, -0.1) is 0 Å². The molecule has 1 aliphatic heterocycles. The number of fused-ring (bicyclic) bond motifs is 1. The number of carboxylic acids is 1. The first kappa shape index (κ1) is 13.5. The molecule has 1 amide bonds. The average molecular weight is 288 g/mol. The van der Waals surface area contributed by atoms with Crippen molar-refractivity contribution in [2.24, 2.45) is 5.92 Å². The maximum absolute atomic E-state index is 12.5. The number of carboxylic acid groups (broad SMARTS) is 1. The van der Waals surface area contributed by atoms with Crippen molar-refractivity contribution in [2.45, 2.75) is 19.8 Å². The Bertz CT molecular complexity index is 701. The zero-order valence-corrected chi connectivity index (χ0v) is 11.7. The van der Waals surface area contributed by atoms with Crippen molar-refractivity contribution in [1.82, 2.24) is 19.5 Å². The fraction of sp³-hybridized carbons (Fsp3) is 0.429. The topological polar surface area (TPSA) is 87.8 Å². The van der Waals surface area contributed by atoms with Crippen LogP contribution in [0.4, 0.5) is 0 Å². The lowest BCUT2D eigenvalue weighted by Gasteiger charge is -2.29. The summed E-state index contributed by atoms with van der Waals surface area (Å²) >= 11 is 0. The van der Waals surface area contributed by atoms with E-state index in [0.717, 1.165) is 5.69 Å². The quantitative estimate of drug-likeness (QED) is 0.889. The minimum Gasteiger partial charge on any atom is -0.481 e. The molecule has 1 N–H and O–H groups in total. The molecule has 0 saturated carbocycles. The van der Waals surface area contributed by atoms with Crippen LogP contribution < -0.4 is 0 Å². The molecule has 110 valence electrons. The Morgan fingerprint density at radius 2 is 2.05 bits per heavy atom. The molecule has 1 fully saturated rings. The van der Waals surface area contributed by atoms with E-state index in [4.69, 9.17) is 5.11 Å². The third kappa shape index (κ3) is 2.46. The Hall–Kier alpha value is -2.44. The summed E-state index contributed by atoms with van der Waals surface area (Å²) in [6, 6.07) is 1.83. The number of aryl methyl sites for hydroxylation is 1. The summed E-state index contributed by atoms with van der Waals surface area (Å²) in [6.07, 6.45) is 4.28. The summed E-state index contributed by atoms with van der Waals surface area (Å²) in [5.41, 5.74) is 1.83. The van der Waals surface area contributed by atoms with Crippen molar-refractivity contribution in [2.75, 3.05) is 13.1 Å². The van der Waals surface area contributed by atoms with Gasteiger partial charge in [-0.25, -0.2) is 9.50 Å². The number of hydrogen-bond donors (Lipinski definition) is 1. The van der Waals surface area contributed by atoms with Gasteiger partial charge in [0.25, 0.3) is 5.91 Å². The van der Waals surface area contributed by atoms with E-state index >= 15 is 0 Å². The molecule has 0 radical (unpaired) electrons. The Morgan fingerprint density at radius 3 is 2.71 bits per heavy atom. The molecule has 7 heteroatoms. The third-order valence-electron chi connectivity index (χ3n) is 3.87. The number of likely N-dealkylation sites (tertiary alicyclic amines) is 1. The fourth-order valence-corrected chi connectivity index (χ4v) is 2.61. The molecule has 0 spiro atoms. The van der Waals surface area contributed by atoms with Crippen molar-refractivity contribution in [3.63, 3.8) is 0 Å². The van der Waals surface area contributed by atoms with Crippen molar-refractivity contribution >= 4 is 17.5 Å². The van der Waals surface area contributed by atoms with Crippen LogP contribution in [0.15, 0.2) is 18.5 Å². The molecule has 7 nitrogen and oxygen atoms in total. The Morgan fingerprint density at radius 1 is 1.33 bits per heavy atom. The number of aromatic nitrogens is 3. The van der Waals surface area contributed by atoms with Crippen molar-refractivity contribution < 1.29 is 14.7 Å². The number of aliphatic carboxylic acids is 1. The molecule has 2 aromatic rings. The maximum atomic E-state index is 12.5. The first-order chi connectivity index (χ1) is 10.1. The van der Waals surface area contributed by atoms with Gasteiger partial charge in [-0.3, -0.25) is 9.59 Å². The second kappa shape index (κ2) is 5.16. The summed E-state index contributed by atoms with van der Waals surface area (Å²) in [5.74, 6) is -1.26. The highest BCUT2D eigenvalue weighted by atomic mass is 16.4. The lowest BCUT2D eigenvalue weighted by Crippen LogP contribution is -2.40. The highest BCUT2D eigenvalue weighted by Crippen LogP contribution is 2.20. The molecule has 0 aliphatic carbocycles. The first-order valence-electron chi connectivity index (χ1n) is 6.89. The van der Waals surface area contributed by atoms with E-state index in [-0.39, 0.29) is 11.8 Å². The molecule has 3 rings (SSSR count). The number of amides is 1. The highest BCUT2D eigenvalue weighted by Gasteiger charge is 2.28. The van der Waals surface area contributed by atoms with Crippen LogP contribution in [0.1, 0.15) is 28.9 Å². The largest absolute Gasteiger partial charge is 0.481 e. The SMILES string of the molecule is Cc1ccn2ncc(C(=O)N3CCC(C(=O)O)CC3)c2n1. The van der Waals surface area contributed by atoms with Gasteiger partial charge < -0.3 is 10.0 Å². The smallest absolute Gasteiger partial charge is 0.306 e. The Kier molecular flexibility index (Phi) is 3.32. The second-order valence-corrected chi connectivity index (χ2v) is 5.30. The van der Waals surface area contributed by atoms with Crippen LogP contribution in [0.5, 0.6) is 0 Å². The lowest BCUT2D eigenvalue weighted by atomic mass is 9.97. The third-order valence-corrected chi connectivity index (χ3v) is 3.87. The van der Waals surface area contributed by atoms with Gasteiger partial charge in [-0.1, -0.05) is 0 Å². The van der Waals surface area contributed by atoms with Gasteiger partial charge >= 0.3 is 5.97 Å². The Labute approximate surface area is 121 Å². The van der Waals surface area contributed by atoms with Crippen LogP contribution in [0.3, 0.4) is 0 Å². The first-order valence-corrected chi connectivity index (χ1v) is 6.89. The summed E-state index contributed by atoms with van der Waals surface area (Å²) in [6.45, 7) is 2.78. The molecule has 0 atom stereocenters. The van der Waals surface area contributed by atoms with Crippen LogP contribution in [-0.4, -0.2) is 49.6 Å². The number of hydrogen-bond acceptors (Lipinski definition) is 4. The average Bonchev–Trinajstić information content (AvgIpc) is 2.89. The van der Waals surface area contributed by atoms with E-state index in [9.17, 15) is 9.59 Å². The number of piperidine rings is 1. The fourth-order valence-electron chi connectivity index (χ4n) is 2.61. The predicted octanol–water partition coefficient (Wildman–Crippen LogP) is 0.975. The monoisotopic (exact) mass is 288 g/mol. The number of carbonyl (C=O) groups excluding carboxylic acids is 1. The van der Waals surface area contributed by atoms with Crippen LogP contribution in [0.25, 0.3) is 5.65 Å². The van der Waals surface area contributed by atoms with Crippen LogP contribution in [0.2, 0.25) is 0 Å². The zero-order chi connectivity index (χ0) is 15.0. The minimum absolute atomic E-state index is 0.132. The molecular formula is C14H16N4O3. The van der Waals surface area contributed by atoms with E-state index < -0.39 is 5.97 Å². The number of nitrogens with zero attached hydrogens (tertiary/aromatic N) is 4. The molecule has 0 bridgehead atoms. The molecule has 1 aliphatic rings. The summed E-state index contributed by atoms with van der Waals surface area (Å²) in [4.78, 5) is 29.5. The molecule has 3 heterocycles. The number of carbonyl (C=O) groups is 2. The van der Waals surface area contributed by atoms with Gasteiger partial charge in [-0.2, -0.15) is 5.10 Å². The van der Waals surface area contributed by atoms with E-state index in [2.05, 4.69) is 10.1 Å². The van der Waals surface area contributed by atoms with Crippen LogP contribution in [0, 0.1) is 12.8 Å². The van der Waals surface area contributed by atoms with Crippen molar-refractivity contribution in [1.29, 1.82) is 0 Å². The van der Waals surface area contributed by atoms with E-state index in [1.165, 1.54) is 6.20 Å². The van der Waals surface area contributed by atoms with Crippen molar-refractivity contribution in [3.05, 3.63) is 29.7 Å². The predicted molar refractivity (Wildman–Crippen MR) is 74.0 cm³/mol. The second-order valence-electron chi connectivity index (χ2n) is 5.30. The summed E-state index contributed by atoms with van der Waals surface area (Å²) in [5, 5.41) is 13.1. The lowest BCUT2D eigenvalue weighted by molar-refractivity contribution is -0.143.